The Labute approximate surface area is 70.8 Å². The number of rotatable bonds is 0. The van der Waals surface area contributed by atoms with Crippen molar-refractivity contribution in [2.24, 2.45) is 0 Å². The van der Waals surface area contributed by atoms with E-state index in [0.29, 0.717) is 12.1 Å². The number of pyridine rings is 1. The highest BCUT2D eigenvalue weighted by molar-refractivity contribution is 6.01. The average molecular weight is 162 g/mol. The molecule has 12 heavy (non-hydrogen) atoms. The first-order valence-electron chi connectivity index (χ1n) is 4.02. The lowest BCUT2D eigenvalue weighted by atomic mass is 10.1. The Kier molecular flexibility index (Phi) is 1.57. The van der Waals surface area contributed by atoms with Crippen LogP contribution in [0, 0.1) is 6.92 Å². The van der Waals surface area contributed by atoms with Crippen LogP contribution in [0.25, 0.3) is 0 Å². The highest BCUT2D eigenvalue weighted by Gasteiger charge is 2.17. The summed E-state index contributed by atoms with van der Waals surface area (Å²) in [6.07, 6.45) is 0.559. The summed E-state index contributed by atoms with van der Waals surface area (Å²) < 4.78 is 0. The van der Waals surface area contributed by atoms with Crippen LogP contribution in [-0.4, -0.2) is 17.3 Å². The molecule has 1 N–H and O–H groups in total. The standard InChI is InChI=1S/C9H10N2O/c1-6-2-3-7-9(11-6)8(12)4-5-10-7/h2-3,10H,4-5H2,1H3. The summed E-state index contributed by atoms with van der Waals surface area (Å²) in [6.45, 7) is 2.62. The van der Waals surface area contributed by atoms with Gasteiger partial charge >= 0.3 is 0 Å². The Morgan fingerprint density at radius 2 is 2.33 bits per heavy atom. The SMILES string of the molecule is Cc1ccc2c(n1)C(=O)CCN2. The van der Waals surface area contributed by atoms with Gasteiger partial charge in [-0.2, -0.15) is 0 Å². The van der Waals surface area contributed by atoms with E-state index in [4.69, 9.17) is 0 Å². The van der Waals surface area contributed by atoms with Gasteiger partial charge in [0.25, 0.3) is 0 Å². The van der Waals surface area contributed by atoms with E-state index in [1.807, 2.05) is 19.1 Å². The predicted octanol–water partition coefficient (Wildman–Crippen LogP) is 1.39. The van der Waals surface area contributed by atoms with Crippen molar-refractivity contribution in [3.8, 4) is 0 Å². The van der Waals surface area contributed by atoms with Gasteiger partial charge in [0.05, 0.1) is 5.69 Å². The minimum absolute atomic E-state index is 0.146. The molecule has 62 valence electrons. The smallest absolute Gasteiger partial charge is 0.185 e. The number of ketones is 1. The minimum Gasteiger partial charge on any atom is -0.383 e. The van der Waals surface area contributed by atoms with Crippen molar-refractivity contribution in [1.82, 2.24) is 4.98 Å². The Morgan fingerprint density at radius 1 is 1.50 bits per heavy atom. The molecular weight excluding hydrogens is 152 g/mol. The summed E-state index contributed by atoms with van der Waals surface area (Å²) in [6, 6.07) is 3.82. The van der Waals surface area contributed by atoms with Crippen molar-refractivity contribution < 1.29 is 4.79 Å². The van der Waals surface area contributed by atoms with Gasteiger partial charge in [-0.05, 0) is 19.1 Å². The zero-order chi connectivity index (χ0) is 8.55. The molecule has 0 saturated carbocycles. The Balaban J connectivity index is 2.54. The first-order valence-corrected chi connectivity index (χ1v) is 4.02. The van der Waals surface area contributed by atoms with Gasteiger partial charge in [0.1, 0.15) is 5.69 Å². The van der Waals surface area contributed by atoms with Crippen molar-refractivity contribution in [2.75, 3.05) is 11.9 Å². The van der Waals surface area contributed by atoms with Gasteiger partial charge in [-0.1, -0.05) is 0 Å². The van der Waals surface area contributed by atoms with Crippen molar-refractivity contribution in [3.05, 3.63) is 23.5 Å². The third kappa shape index (κ3) is 1.07. The van der Waals surface area contributed by atoms with Crippen molar-refractivity contribution in [2.45, 2.75) is 13.3 Å². The number of nitrogens with one attached hydrogen (secondary N) is 1. The lowest BCUT2D eigenvalue weighted by molar-refractivity contribution is 0.0978. The molecule has 1 aromatic heterocycles. The number of carbonyl (C=O) groups excluding carboxylic acids is 1. The Morgan fingerprint density at radius 3 is 3.17 bits per heavy atom. The van der Waals surface area contributed by atoms with Crippen molar-refractivity contribution in [3.63, 3.8) is 0 Å². The number of aryl methyl sites for hydroxylation is 1. The summed E-state index contributed by atoms with van der Waals surface area (Å²) in [4.78, 5) is 15.5. The fourth-order valence-corrected chi connectivity index (χ4v) is 1.34. The normalized spacial score (nSPS) is 15.2. The van der Waals surface area contributed by atoms with Gasteiger partial charge in [0.15, 0.2) is 5.78 Å². The van der Waals surface area contributed by atoms with Gasteiger partial charge in [0.2, 0.25) is 0 Å². The van der Waals surface area contributed by atoms with Gasteiger partial charge in [-0.15, -0.1) is 0 Å². The third-order valence-electron chi connectivity index (χ3n) is 1.97. The van der Waals surface area contributed by atoms with E-state index < -0.39 is 0 Å². The summed E-state index contributed by atoms with van der Waals surface area (Å²) in [5.74, 6) is 0.146. The van der Waals surface area contributed by atoms with Crippen molar-refractivity contribution >= 4 is 11.5 Å². The molecule has 0 aliphatic carbocycles. The average Bonchev–Trinajstić information content (AvgIpc) is 2.07. The maximum absolute atomic E-state index is 11.3. The number of aromatic nitrogens is 1. The van der Waals surface area contributed by atoms with Crippen LogP contribution in [0.3, 0.4) is 0 Å². The van der Waals surface area contributed by atoms with Crippen LogP contribution in [-0.2, 0) is 0 Å². The molecule has 0 amide bonds. The first kappa shape index (κ1) is 7.28. The zero-order valence-electron chi connectivity index (χ0n) is 6.92. The Bertz CT molecular complexity index is 333. The van der Waals surface area contributed by atoms with E-state index in [2.05, 4.69) is 10.3 Å². The van der Waals surface area contributed by atoms with E-state index >= 15 is 0 Å². The first-order chi connectivity index (χ1) is 5.77. The molecule has 3 heteroatoms. The van der Waals surface area contributed by atoms with Gasteiger partial charge in [0, 0.05) is 18.7 Å². The summed E-state index contributed by atoms with van der Waals surface area (Å²) in [5.41, 5.74) is 2.36. The lowest BCUT2D eigenvalue weighted by Gasteiger charge is -2.15. The van der Waals surface area contributed by atoms with Crippen LogP contribution in [0.5, 0.6) is 0 Å². The second-order valence-electron chi connectivity index (χ2n) is 2.95. The number of carbonyl (C=O) groups is 1. The molecule has 1 aliphatic rings. The lowest BCUT2D eigenvalue weighted by Crippen LogP contribution is -2.19. The Hall–Kier alpha value is -1.38. The second kappa shape index (κ2) is 2.59. The molecule has 0 bridgehead atoms. The highest BCUT2D eigenvalue weighted by atomic mass is 16.1. The van der Waals surface area contributed by atoms with Crippen LogP contribution in [0.4, 0.5) is 5.69 Å². The zero-order valence-corrected chi connectivity index (χ0v) is 6.92. The molecule has 0 radical (unpaired) electrons. The monoisotopic (exact) mass is 162 g/mol. The van der Waals surface area contributed by atoms with E-state index in [0.717, 1.165) is 17.9 Å². The molecule has 0 aromatic carbocycles. The molecule has 1 aromatic rings. The summed E-state index contributed by atoms with van der Waals surface area (Å²) >= 11 is 0. The van der Waals surface area contributed by atoms with Crippen LogP contribution in [0.15, 0.2) is 12.1 Å². The molecule has 0 fully saturated rings. The summed E-state index contributed by atoms with van der Waals surface area (Å²) in [7, 11) is 0. The predicted molar refractivity (Wildman–Crippen MR) is 46.4 cm³/mol. The number of hydrogen-bond acceptors (Lipinski definition) is 3. The molecule has 3 nitrogen and oxygen atoms in total. The summed E-state index contributed by atoms with van der Waals surface area (Å²) in [5, 5.41) is 3.14. The molecule has 2 heterocycles. The molecule has 0 spiro atoms. The van der Waals surface area contributed by atoms with Gasteiger partial charge in [-0.25, -0.2) is 4.98 Å². The minimum atomic E-state index is 0.146. The van der Waals surface area contributed by atoms with E-state index in [-0.39, 0.29) is 5.78 Å². The van der Waals surface area contributed by atoms with Crippen molar-refractivity contribution in [1.29, 1.82) is 0 Å². The fraction of sp³-hybridized carbons (Fsp3) is 0.333. The topological polar surface area (TPSA) is 42.0 Å². The van der Waals surface area contributed by atoms with Gasteiger partial charge in [-0.3, -0.25) is 4.79 Å². The van der Waals surface area contributed by atoms with E-state index in [9.17, 15) is 4.79 Å². The van der Waals surface area contributed by atoms with E-state index in [1.54, 1.807) is 0 Å². The number of anilines is 1. The van der Waals surface area contributed by atoms with Crippen LogP contribution < -0.4 is 5.32 Å². The highest BCUT2D eigenvalue weighted by Crippen LogP contribution is 2.19. The molecule has 0 saturated heterocycles. The maximum Gasteiger partial charge on any atom is 0.185 e. The molecular formula is C9H10N2O. The van der Waals surface area contributed by atoms with Crippen LogP contribution in [0.2, 0.25) is 0 Å². The number of hydrogen-bond donors (Lipinski definition) is 1. The number of fused-ring (bicyclic) bond motifs is 1. The maximum atomic E-state index is 11.3. The second-order valence-corrected chi connectivity index (χ2v) is 2.95. The number of nitrogens with zero attached hydrogens (tertiary/aromatic N) is 1. The molecule has 2 rings (SSSR count). The molecule has 1 aliphatic heterocycles. The van der Waals surface area contributed by atoms with Crippen LogP contribution in [0.1, 0.15) is 22.6 Å². The number of Topliss-reactive ketones (excluding diaryl/α,β-unsaturated/α-hetero) is 1. The quantitative estimate of drug-likeness (QED) is 0.626. The van der Waals surface area contributed by atoms with Crippen LogP contribution >= 0.6 is 0 Å². The molecule has 0 unspecified atom stereocenters. The fourth-order valence-electron chi connectivity index (χ4n) is 1.34. The molecule has 0 atom stereocenters. The van der Waals surface area contributed by atoms with Gasteiger partial charge < -0.3 is 5.32 Å². The third-order valence-corrected chi connectivity index (χ3v) is 1.97. The largest absolute Gasteiger partial charge is 0.383 e. The van der Waals surface area contributed by atoms with E-state index in [1.165, 1.54) is 0 Å².